The minimum Gasteiger partial charge on any atom is -0.750 e. The number of hydrogen-bond acceptors (Lipinski definition) is 16. The molecule has 2 aliphatic carbocycles. The van der Waals surface area contributed by atoms with Gasteiger partial charge < -0.3 is 41.9 Å². The van der Waals surface area contributed by atoms with Crippen LogP contribution in [-0.2, 0) is 66.3 Å². The number of benzene rings is 4. The molecule has 0 radical (unpaired) electrons. The van der Waals surface area contributed by atoms with Gasteiger partial charge in [0, 0.05) is 65.6 Å². The molecular weight excluding hydrogens is 1150 g/mol. The Morgan fingerprint density at radius 1 is 0.787 bits per heavy atom. The third-order valence-corrected chi connectivity index (χ3v) is 17.4. The van der Waals surface area contributed by atoms with Gasteiger partial charge in [-0.25, -0.2) is 29.5 Å². The summed E-state index contributed by atoms with van der Waals surface area (Å²) in [5.41, 5.74) is 6.37. The van der Waals surface area contributed by atoms with Gasteiger partial charge in [0.2, 0.25) is 5.69 Å². The van der Waals surface area contributed by atoms with E-state index in [4.69, 9.17) is 8.92 Å². The third kappa shape index (κ3) is 16.7. The number of rotatable bonds is 21. The van der Waals surface area contributed by atoms with Crippen LogP contribution in [-0.4, -0.2) is 95.5 Å². The molecule has 8 rings (SSSR count). The van der Waals surface area contributed by atoms with Crippen molar-refractivity contribution in [2.75, 3.05) is 30.3 Å². The Balaban J connectivity index is 0.00000344. The molecule has 0 aromatic heterocycles. The summed E-state index contributed by atoms with van der Waals surface area (Å²) < 4.78 is 143. The van der Waals surface area contributed by atoms with Crippen LogP contribution in [0, 0.1) is 0 Å². The van der Waals surface area contributed by atoms with Gasteiger partial charge in [-0.05, 0) is 158 Å². The Morgan fingerprint density at radius 2 is 1.43 bits per heavy atom. The van der Waals surface area contributed by atoms with E-state index < -0.39 is 70.4 Å². The van der Waals surface area contributed by atoms with Crippen LogP contribution < -0.4 is 128 Å². The van der Waals surface area contributed by atoms with Crippen LogP contribution in [0.25, 0.3) is 21.5 Å². The molecule has 4 aromatic carbocycles. The molecule has 25 heteroatoms. The zero-order valence-corrected chi connectivity index (χ0v) is 57.7. The molecule has 2 unspecified atom stereocenters. The first-order chi connectivity index (χ1) is 35.7. The van der Waals surface area contributed by atoms with E-state index in [2.05, 4.69) is 29.4 Å². The summed E-state index contributed by atoms with van der Waals surface area (Å²) in [5, 5.41) is 13.9. The molecule has 0 spiro atoms. The summed E-state index contributed by atoms with van der Waals surface area (Å²) in [6, 6.07) is 15.9. The number of nitrogens with zero attached hydrogens (tertiary/aromatic N) is 2. The third-order valence-electron chi connectivity index (χ3n) is 14.6. The summed E-state index contributed by atoms with van der Waals surface area (Å²) in [6.07, 6.45) is 17.5. The summed E-state index contributed by atoms with van der Waals surface area (Å²) in [4.78, 5) is 12.7. The minimum atomic E-state index is -4.75. The molecule has 0 bridgehead atoms. The second kappa shape index (κ2) is 29.2. The smallest absolute Gasteiger partial charge is 0.750 e. The van der Waals surface area contributed by atoms with Gasteiger partial charge in [-0.2, -0.15) is 4.58 Å². The summed E-state index contributed by atoms with van der Waals surface area (Å²) in [6.45, 7) is 9.01. The van der Waals surface area contributed by atoms with Gasteiger partial charge in [0.25, 0.3) is 0 Å². The van der Waals surface area contributed by atoms with Gasteiger partial charge >= 0.3 is 118 Å². The fourth-order valence-electron chi connectivity index (χ4n) is 11.0. The molecule has 0 saturated heterocycles. The minimum absolute atomic E-state index is 0. The van der Waals surface area contributed by atoms with Gasteiger partial charge in [-0.3, -0.25) is 0 Å². The summed E-state index contributed by atoms with van der Waals surface area (Å²) in [7, 11) is -13.9. The molecule has 0 fully saturated rings. The number of carbonyl (C=O) groups excluding carboxylic acids is 1. The first-order valence-electron chi connectivity index (χ1n) is 25.0. The van der Waals surface area contributed by atoms with Crippen molar-refractivity contribution < 1.29 is 189 Å². The number of carboxylic acids is 1. The molecule has 4 aromatic rings. The first kappa shape index (κ1) is 70.9. The van der Waals surface area contributed by atoms with Crippen LogP contribution >= 0.6 is 0 Å². The molecule has 4 aliphatic rings. The van der Waals surface area contributed by atoms with Crippen LogP contribution in [0.3, 0.4) is 0 Å². The zero-order chi connectivity index (χ0) is 55.0. The number of fused-ring (bicyclic) bond motifs is 6. The van der Waals surface area contributed by atoms with E-state index in [1.54, 1.807) is 24.3 Å². The van der Waals surface area contributed by atoms with Gasteiger partial charge in [-0.15, -0.1) is 0 Å². The van der Waals surface area contributed by atoms with Crippen molar-refractivity contribution >= 4 is 86.3 Å². The quantitative estimate of drug-likeness (QED) is 0.0250. The topological polar surface area (TPSA) is 277 Å². The number of ether oxygens (including phenoxy) is 1. The molecule has 2 atom stereocenters. The van der Waals surface area contributed by atoms with Gasteiger partial charge in [-0.1, -0.05) is 55.8 Å². The second-order valence-electron chi connectivity index (χ2n) is 20.4. The van der Waals surface area contributed by atoms with Crippen LogP contribution in [0.5, 0.6) is 0 Å². The van der Waals surface area contributed by atoms with Crippen molar-refractivity contribution in [3.8, 4) is 0 Å². The van der Waals surface area contributed by atoms with Crippen molar-refractivity contribution in [1.29, 1.82) is 0 Å². The molecule has 0 saturated carbocycles. The average Bonchev–Trinajstić information content (AvgIpc) is 3.70. The van der Waals surface area contributed by atoms with E-state index in [9.17, 15) is 57.6 Å². The molecular formula is C55H58N2Na4O15S4. The number of hydrogen-bond donors (Lipinski definition) is 0. The standard InChI is InChI=1S/C55H62N2O15S4.4Na/c1-54(2)48(56(30-5-7-32-71-73(60)61)46-25-15-39-34-42(75(65,66)67)21-23-44(39)51(46)54)27-17-37-10-9-11-38(53(37)72-41-19-12-36(13-20-41)14-29-50(58)59)18-28-49-55(3,4)52-45-24-22-43(76(68,69)70)35-40(45)16-26-47(52)57(49)31-6-8-33-74(62,63)64;;;;/h12-13,15-19,21-28,34-35,41H,5-11,14,20,29-33H2,1-4H3,(H4-,58,59,60,61,62,63,64,65,66,67,68,69,70);;;;/q;4*+1/p-4. The van der Waals surface area contributed by atoms with Crippen LogP contribution in [0.15, 0.2) is 141 Å². The van der Waals surface area contributed by atoms with Crippen molar-refractivity contribution in [2.45, 2.75) is 119 Å². The average molecular weight is 1210 g/mol. The Morgan fingerprint density at radius 3 is 2.01 bits per heavy atom. The van der Waals surface area contributed by atoms with Crippen LogP contribution in [0.4, 0.5) is 11.4 Å². The molecule has 2 heterocycles. The predicted molar refractivity (Wildman–Crippen MR) is 282 cm³/mol. The maximum Gasteiger partial charge on any atom is 1.00 e. The Kier molecular flexibility index (Phi) is 25.8. The normalized spacial score (nSPS) is 19.1. The van der Waals surface area contributed by atoms with E-state index >= 15 is 0 Å². The van der Waals surface area contributed by atoms with Crippen molar-refractivity contribution in [3.63, 3.8) is 0 Å². The van der Waals surface area contributed by atoms with Crippen molar-refractivity contribution in [2.24, 2.45) is 0 Å². The summed E-state index contributed by atoms with van der Waals surface area (Å²) >= 11 is -2.66. The number of allylic oxidation sites excluding steroid dienone is 9. The number of anilines is 1. The predicted octanol–water partition coefficient (Wildman–Crippen LogP) is -4.49. The SMILES string of the molecule is CC1(C)C(/C=C/C2=C(OC3C=CC(CCC(=O)[O-])=CC3)C(=C/C=C3/N(CCCCS(=O)(=O)[O-])c4ccc5cc(S(=O)(=O)[O-])ccc5c4C3(C)C)/CCC2)=[N+](CCCCOS(=O)[O-])c2ccc3cc(S(=O)(=O)[O-])ccc3c21.[Na+].[Na+].[Na+].[Na+]. The number of unbranched alkanes of at least 4 members (excludes halogenated alkanes) is 2. The molecule has 17 nitrogen and oxygen atoms in total. The molecule has 406 valence electrons. The molecule has 0 amide bonds. The molecule has 2 aliphatic heterocycles. The largest absolute Gasteiger partial charge is 1.00 e. The van der Waals surface area contributed by atoms with E-state index in [1.165, 1.54) is 24.3 Å². The molecule has 80 heavy (non-hydrogen) atoms. The zero-order valence-electron chi connectivity index (χ0n) is 46.4. The Bertz CT molecular complexity index is 3630. The van der Waals surface area contributed by atoms with E-state index in [-0.39, 0.29) is 147 Å². The fraction of sp³-hybridized carbons (Fsp3) is 0.382. The maximum atomic E-state index is 12.1. The van der Waals surface area contributed by atoms with Crippen LogP contribution in [0.1, 0.15) is 103 Å². The van der Waals surface area contributed by atoms with E-state index in [1.807, 2.05) is 62.4 Å². The number of carbonyl (C=O) groups is 1. The number of aliphatic carboxylic acids is 1. The van der Waals surface area contributed by atoms with Gasteiger partial charge in [0.15, 0.2) is 5.71 Å². The van der Waals surface area contributed by atoms with Crippen molar-refractivity contribution in [3.05, 3.63) is 142 Å². The Hall–Kier alpha value is -1.62. The van der Waals surface area contributed by atoms with Gasteiger partial charge in [0.1, 0.15) is 38.6 Å². The fourth-order valence-corrected chi connectivity index (χ4v) is 12.9. The van der Waals surface area contributed by atoms with Crippen LogP contribution in [0.2, 0.25) is 0 Å². The molecule has 0 N–H and O–H groups in total. The Labute approximate surface area is 560 Å². The summed E-state index contributed by atoms with van der Waals surface area (Å²) in [5.74, 6) is -1.03. The second-order valence-corrected chi connectivity index (χ2v) is 25.3. The monoisotopic (exact) mass is 1210 g/mol. The van der Waals surface area contributed by atoms with Crippen molar-refractivity contribution in [1.82, 2.24) is 0 Å². The maximum absolute atomic E-state index is 12.1. The van der Waals surface area contributed by atoms with E-state index in [0.717, 1.165) is 67.8 Å². The van der Waals surface area contributed by atoms with Gasteiger partial charge in [0.05, 0.1) is 43.3 Å². The van der Waals surface area contributed by atoms with E-state index in [0.29, 0.717) is 74.6 Å². The number of carboxylic acid groups (broad SMARTS) is 1. The first-order valence-corrected chi connectivity index (χ1v) is 30.3.